The molecule has 80 valence electrons. The smallest absolute Gasteiger partial charge is 0.450 e. The Kier molecular flexibility index (Phi) is 8.67. The average Bonchev–Trinajstić information content (AvgIpc) is 2.13. The molecule has 0 amide bonds. The molecule has 0 aliphatic carbocycles. The molecule has 0 unspecified atom stereocenters. The van der Waals surface area contributed by atoms with Crippen molar-refractivity contribution in [3.8, 4) is 0 Å². The Balaban J connectivity index is 3.40. The lowest BCUT2D eigenvalue weighted by atomic mass is 10.5. The van der Waals surface area contributed by atoms with Crippen molar-refractivity contribution in [3.63, 3.8) is 0 Å². The molecule has 0 saturated heterocycles. The van der Waals surface area contributed by atoms with Gasteiger partial charge in [0.25, 0.3) is 0 Å². The summed E-state index contributed by atoms with van der Waals surface area (Å²) < 4.78 is 4.35. The van der Waals surface area contributed by atoms with Gasteiger partial charge in [0.05, 0.1) is 0 Å². The van der Waals surface area contributed by atoms with Gasteiger partial charge in [0.15, 0.2) is 0 Å². The molecule has 0 atom stereocenters. The van der Waals surface area contributed by atoms with E-state index in [0.29, 0.717) is 5.75 Å². The van der Waals surface area contributed by atoms with Crippen LogP contribution in [0.2, 0.25) is 0 Å². The van der Waals surface area contributed by atoms with Crippen molar-refractivity contribution in [2.75, 3.05) is 12.4 Å². The van der Waals surface area contributed by atoms with Gasteiger partial charge < -0.3 is 9.84 Å². The van der Waals surface area contributed by atoms with Crippen LogP contribution in [0.3, 0.4) is 0 Å². The Morgan fingerprint density at radius 2 is 2.29 bits per heavy atom. The summed E-state index contributed by atoms with van der Waals surface area (Å²) in [5.41, 5.74) is 0. The van der Waals surface area contributed by atoms with E-state index in [1.54, 1.807) is 21.6 Å². The zero-order chi connectivity index (χ0) is 10.8. The Labute approximate surface area is 92.0 Å². The molecular formula is C9H14O3S2. The lowest BCUT2D eigenvalue weighted by molar-refractivity contribution is 0.0975. The zero-order valence-corrected chi connectivity index (χ0v) is 9.86. The quantitative estimate of drug-likeness (QED) is 0.329. The molecule has 0 spiro atoms. The van der Waals surface area contributed by atoms with Crippen LogP contribution in [0.15, 0.2) is 23.1 Å². The van der Waals surface area contributed by atoms with Crippen molar-refractivity contribution in [1.82, 2.24) is 0 Å². The maximum Gasteiger partial charge on any atom is 0.505 e. The number of allylic oxidation sites excluding steroid dienone is 4. The Bertz CT molecular complexity index is 224. The van der Waals surface area contributed by atoms with E-state index in [2.05, 4.69) is 4.74 Å². The maximum absolute atomic E-state index is 9.98. The first-order valence-corrected chi connectivity index (χ1v) is 6.43. The summed E-state index contributed by atoms with van der Waals surface area (Å²) in [5.74, 6) is 0.665. The molecule has 0 bridgehead atoms. The van der Waals surface area contributed by atoms with Crippen LogP contribution in [0.25, 0.3) is 0 Å². The number of carbonyl (C=O) groups is 1. The van der Waals surface area contributed by atoms with Crippen LogP contribution in [0.1, 0.15) is 13.8 Å². The lowest BCUT2D eigenvalue weighted by Crippen LogP contribution is -2.02. The summed E-state index contributed by atoms with van der Waals surface area (Å²) in [6.07, 6.45) is 4.73. The molecule has 0 heterocycles. The highest BCUT2D eigenvalue weighted by molar-refractivity contribution is 8.78. The topological polar surface area (TPSA) is 46.5 Å². The standard InChI is InChI=1S/C9H14O3S2/c1-3-4-5-8(2)14-13-7-6-12-9(10)11/h3-5H,6-7H2,1-2H3,(H,10,11)/b4-3-,8-5+. The Morgan fingerprint density at radius 1 is 1.57 bits per heavy atom. The van der Waals surface area contributed by atoms with E-state index in [9.17, 15) is 4.79 Å². The molecule has 0 fully saturated rings. The van der Waals surface area contributed by atoms with Crippen molar-refractivity contribution in [2.24, 2.45) is 0 Å². The number of carboxylic acid groups (broad SMARTS) is 1. The van der Waals surface area contributed by atoms with Crippen molar-refractivity contribution < 1.29 is 14.6 Å². The van der Waals surface area contributed by atoms with Crippen molar-refractivity contribution in [1.29, 1.82) is 0 Å². The van der Waals surface area contributed by atoms with Gasteiger partial charge in [-0.15, -0.1) is 0 Å². The van der Waals surface area contributed by atoms with Crippen LogP contribution >= 0.6 is 21.6 Å². The van der Waals surface area contributed by atoms with Gasteiger partial charge in [-0.2, -0.15) is 0 Å². The van der Waals surface area contributed by atoms with Crippen molar-refractivity contribution in [3.05, 3.63) is 23.1 Å². The summed E-state index contributed by atoms with van der Waals surface area (Å²) in [6, 6.07) is 0. The van der Waals surface area contributed by atoms with E-state index in [4.69, 9.17) is 5.11 Å². The largest absolute Gasteiger partial charge is 0.505 e. The maximum atomic E-state index is 9.98. The van der Waals surface area contributed by atoms with E-state index < -0.39 is 6.16 Å². The fourth-order valence-electron chi connectivity index (χ4n) is 0.557. The highest BCUT2D eigenvalue weighted by Crippen LogP contribution is 2.29. The van der Waals surface area contributed by atoms with Gasteiger partial charge >= 0.3 is 6.16 Å². The van der Waals surface area contributed by atoms with Gasteiger partial charge in [-0.3, -0.25) is 0 Å². The van der Waals surface area contributed by atoms with E-state index in [1.807, 2.05) is 32.1 Å². The second kappa shape index (κ2) is 9.02. The summed E-state index contributed by atoms with van der Waals surface area (Å²) in [5, 5.41) is 8.18. The third-order valence-corrected chi connectivity index (χ3v) is 3.60. The number of ether oxygens (including phenoxy) is 1. The third kappa shape index (κ3) is 9.54. The first kappa shape index (κ1) is 13.4. The minimum absolute atomic E-state index is 0.240. The molecule has 0 aliphatic heterocycles. The zero-order valence-electron chi connectivity index (χ0n) is 8.23. The second-order valence-corrected chi connectivity index (χ2v) is 4.98. The molecule has 0 radical (unpaired) electrons. The van der Waals surface area contributed by atoms with E-state index in [0.717, 1.165) is 0 Å². The molecule has 1 N–H and O–H groups in total. The average molecular weight is 234 g/mol. The van der Waals surface area contributed by atoms with Crippen LogP contribution < -0.4 is 0 Å². The van der Waals surface area contributed by atoms with Crippen LogP contribution in [0.5, 0.6) is 0 Å². The summed E-state index contributed by atoms with van der Waals surface area (Å²) in [7, 11) is 3.20. The van der Waals surface area contributed by atoms with E-state index >= 15 is 0 Å². The first-order valence-electron chi connectivity index (χ1n) is 4.11. The molecule has 0 rings (SSSR count). The van der Waals surface area contributed by atoms with Gasteiger partial charge in [0.2, 0.25) is 0 Å². The van der Waals surface area contributed by atoms with Crippen LogP contribution in [-0.4, -0.2) is 23.6 Å². The number of hydrogen-bond donors (Lipinski definition) is 1. The molecule has 3 nitrogen and oxygen atoms in total. The normalized spacial score (nSPS) is 12.0. The van der Waals surface area contributed by atoms with Crippen LogP contribution in [-0.2, 0) is 4.74 Å². The van der Waals surface area contributed by atoms with Crippen LogP contribution in [0.4, 0.5) is 4.79 Å². The fourth-order valence-corrected chi connectivity index (χ4v) is 2.29. The predicted octanol–water partition coefficient (Wildman–Crippen LogP) is 3.54. The molecule has 0 aromatic carbocycles. The summed E-state index contributed by atoms with van der Waals surface area (Å²) in [4.78, 5) is 11.2. The highest BCUT2D eigenvalue weighted by atomic mass is 33.1. The van der Waals surface area contributed by atoms with Gasteiger partial charge in [0.1, 0.15) is 6.61 Å². The fraction of sp³-hybridized carbons (Fsp3) is 0.444. The number of hydrogen-bond acceptors (Lipinski definition) is 4. The number of rotatable bonds is 6. The monoisotopic (exact) mass is 234 g/mol. The van der Waals surface area contributed by atoms with Gasteiger partial charge in [-0.05, 0) is 18.8 Å². The van der Waals surface area contributed by atoms with Gasteiger partial charge in [-0.25, -0.2) is 4.79 Å². The minimum Gasteiger partial charge on any atom is -0.450 e. The minimum atomic E-state index is -1.21. The summed E-state index contributed by atoms with van der Waals surface area (Å²) in [6.45, 7) is 4.21. The summed E-state index contributed by atoms with van der Waals surface area (Å²) >= 11 is 0. The van der Waals surface area contributed by atoms with Crippen molar-refractivity contribution >= 4 is 27.7 Å². The van der Waals surface area contributed by atoms with Gasteiger partial charge in [-0.1, -0.05) is 39.8 Å². The Hall–Kier alpha value is -0.550. The molecular weight excluding hydrogens is 220 g/mol. The Morgan fingerprint density at radius 3 is 2.86 bits per heavy atom. The highest BCUT2D eigenvalue weighted by Gasteiger charge is 1.96. The first-order chi connectivity index (χ1) is 6.66. The molecule has 0 saturated carbocycles. The molecule has 14 heavy (non-hydrogen) atoms. The van der Waals surface area contributed by atoms with Crippen LogP contribution in [0, 0.1) is 0 Å². The molecule has 0 aliphatic rings. The predicted molar refractivity (Wildman–Crippen MR) is 62.6 cm³/mol. The van der Waals surface area contributed by atoms with E-state index in [-0.39, 0.29) is 6.61 Å². The van der Waals surface area contributed by atoms with Gasteiger partial charge in [0, 0.05) is 5.75 Å². The van der Waals surface area contributed by atoms with E-state index in [1.165, 1.54) is 4.91 Å². The third-order valence-electron chi connectivity index (χ3n) is 1.11. The van der Waals surface area contributed by atoms with Crippen molar-refractivity contribution in [2.45, 2.75) is 13.8 Å². The lowest BCUT2D eigenvalue weighted by Gasteiger charge is -2.00. The molecule has 5 heteroatoms. The molecule has 0 aromatic heterocycles. The SMILES string of the molecule is C/C=C\C=C(/C)SSCCOC(=O)O. The second-order valence-electron chi connectivity index (χ2n) is 2.32. The molecule has 0 aromatic rings.